The number of hydrogen-bond acceptors (Lipinski definition) is 2. The summed E-state index contributed by atoms with van der Waals surface area (Å²) in [5.74, 6) is -0.241. The minimum absolute atomic E-state index is 0.0556. The van der Waals surface area contributed by atoms with Crippen molar-refractivity contribution in [2.75, 3.05) is 7.05 Å². The minimum Gasteiger partial charge on any atom is -0.357 e. The number of carbonyl (C=O) groups excluding carboxylic acids is 2. The summed E-state index contributed by atoms with van der Waals surface area (Å²) < 4.78 is 0. The van der Waals surface area contributed by atoms with Crippen LogP contribution in [0.1, 0.15) is 24.5 Å². The van der Waals surface area contributed by atoms with Crippen molar-refractivity contribution in [2.45, 2.75) is 32.4 Å². The van der Waals surface area contributed by atoms with Gasteiger partial charge in [-0.3, -0.25) is 9.59 Å². The van der Waals surface area contributed by atoms with Crippen molar-refractivity contribution in [3.8, 4) is 0 Å². The molecule has 4 nitrogen and oxygen atoms in total. The van der Waals surface area contributed by atoms with Gasteiger partial charge in [-0.2, -0.15) is 0 Å². The summed E-state index contributed by atoms with van der Waals surface area (Å²) in [4.78, 5) is 26.4. The molecule has 0 unspecified atom stereocenters. The SMILES string of the molecule is CNC(=O)[C@@H](C)N(Cc1cccc(Cl)c1)C(=O)CCc1ccccc1. The highest BCUT2D eigenvalue weighted by Crippen LogP contribution is 2.16. The number of halogens is 1. The number of carbonyl (C=O) groups is 2. The van der Waals surface area contributed by atoms with E-state index in [1.807, 2.05) is 48.5 Å². The van der Waals surface area contributed by atoms with Crippen molar-refractivity contribution in [1.29, 1.82) is 0 Å². The van der Waals surface area contributed by atoms with Gasteiger partial charge in [0.15, 0.2) is 0 Å². The zero-order valence-corrected chi connectivity index (χ0v) is 15.3. The lowest BCUT2D eigenvalue weighted by Gasteiger charge is -2.28. The van der Waals surface area contributed by atoms with E-state index in [2.05, 4.69) is 5.32 Å². The van der Waals surface area contributed by atoms with E-state index >= 15 is 0 Å². The van der Waals surface area contributed by atoms with Gasteiger partial charge in [-0.25, -0.2) is 0 Å². The van der Waals surface area contributed by atoms with E-state index in [4.69, 9.17) is 11.6 Å². The van der Waals surface area contributed by atoms with Crippen LogP contribution in [0.5, 0.6) is 0 Å². The molecule has 0 aliphatic carbocycles. The van der Waals surface area contributed by atoms with E-state index in [0.29, 0.717) is 24.4 Å². The topological polar surface area (TPSA) is 49.4 Å². The van der Waals surface area contributed by atoms with Crippen molar-refractivity contribution in [2.24, 2.45) is 0 Å². The van der Waals surface area contributed by atoms with Crippen molar-refractivity contribution in [1.82, 2.24) is 10.2 Å². The summed E-state index contributed by atoms with van der Waals surface area (Å²) >= 11 is 6.04. The molecule has 0 aromatic heterocycles. The van der Waals surface area contributed by atoms with E-state index in [1.165, 1.54) is 0 Å². The predicted molar refractivity (Wildman–Crippen MR) is 100 cm³/mol. The van der Waals surface area contributed by atoms with Crippen LogP contribution in [0.25, 0.3) is 0 Å². The average molecular weight is 359 g/mol. The molecule has 2 aromatic rings. The molecule has 0 bridgehead atoms. The Morgan fingerprint density at radius 3 is 2.40 bits per heavy atom. The third-order valence-electron chi connectivity index (χ3n) is 4.13. The van der Waals surface area contributed by atoms with Crippen LogP contribution in [0.2, 0.25) is 5.02 Å². The van der Waals surface area contributed by atoms with Crippen LogP contribution in [0.15, 0.2) is 54.6 Å². The Morgan fingerprint density at radius 1 is 1.08 bits per heavy atom. The molecule has 0 aliphatic rings. The van der Waals surface area contributed by atoms with Crippen molar-refractivity contribution in [3.05, 3.63) is 70.7 Å². The van der Waals surface area contributed by atoms with Gasteiger partial charge >= 0.3 is 0 Å². The highest BCUT2D eigenvalue weighted by atomic mass is 35.5. The smallest absolute Gasteiger partial charge is 0.242 e. The van der Waals surface area contributed by atoms with Crippen LogP contribution in [-0.4, -0.2) is 29.8 Å². The highest BCUT2D eigenvalue weighted by Gasteiger charge is 2.25. The third kappa shape index (κ3) is 5.61. The molecule has 0 saturated carbocycles. The minimum atomic E-state index is -0.549. The second kappa shape index (κ2) is 9.23. The van der Waals surface area contributed by atoms with Crippen LogP contribution in [0.3, 0.4) is 0 Å². The molecular formula is C20H23ClN2O2. The van der Waals surface area contributed by atoms with Gasteiger partial charge < -0.3 is 10.2 Å². The molecule has 0 radical (unpaired) electrons. The zero-order chi connectivity index (χ0) is 18.2. The first kappa shape index (κ1) is 19.0. The molecule has 1 N–H and O–H groups in total. The Bertz CT molecular complexity index is 719. The fraction of sp³-hybridized carbons (Fsp3) is 0.300. The van der Waals surface area contributed by atoms with Crippen molar-refractivity contribution < 1.29 is 9.59 Å². The van der Waals surface area contributed by atoms with Gasteiger partial charge in [-0.1, -0.05) is 54.1 Å². The molecule has 0 aliphatic heterocycles. The second-order valence-electron chi connectivity index (χ2n) is 5.93. The molecular weight excluding hydrogens is 336 g/mol. The first-order valence-corrected chi connectivity index (χ1v) is 8.68. The molecule has 0 fully saturated rings. The fourth-order valence-corrected chi connectivity index (χ4v) is 2.88. The number of rotatable bonds is 7. The van der Waals surface area contributed by atoms with Gasteiger partial charge in [0, 0.05) is 25.0 Å². The lowest BCUT2D eigenvalue weighted by atomic mass is 10.1. The number of nitrogens with one attached hydrogen (secondary N) is 1. The largest absolute Gasteiger partial charge is 0.357 e. The molecule has 132 valence electrons. The summed E-state index contributed by atoms with van der Waals surface area (Å²) in [6, 6.07) is 16.7. The fourth-order valence-electron chi connectivity index (χ4n) is 2.66. The first-order valence-electron chi connectivity index (χ1n) is 8.30. The van der Waals surface area contributed by atoms with Gasteiger partial charge in [-0.15, -0.1) is 0 Å². The highest BCUT2D eigenvalue weighted by molar-refractivity contribution is 6.30. The van der Waals surface area contributed by atoms with Crippen LogP contribution in [0, 0.1) is 0 Å². The number of aryl methyl sites for hydroxylation is 1. The summed E-state index contributed by atoms with van der Waals surface area (Å²) in [5.41, 5.74) is 2.00. The number of nitrogens with zero attached hydrogens (tertiary/aromatic N) is 1. The van der Waals surface area contributed by atoms with Crippen molar-refractivity contribution >= 4 is 23.4 Å². The van der Waals surface area contributed by atoms with Crippen molar-refractivity contribution in [3.63, 3.8) is 0 Å². The maximum atomic E-state index is 12.8. The maximum absolute atomic E-state index is 12.8. The summed E-state index contributed by atoms with van der Waals surface area (Å²) in [7, 11) is 1.57. The predicted octanol–water partition coefficient (Wildman–Crippen LogP) is 3.44. The first-order chi connectivity index (χ1) is 12.0. The summed E-state index contributed by atoms with van der Waals surface area (Å²) in [6.45, 7) is 2.09. The molecule has 0 heterocycles. The van der Waals surface area contributed by atoms with Crippen LogP contribution in [-0.2, 0) is 22.6 Å². The van der Waals surface area contributed by atoms with Gasteiger partial charge in [0.05, 0.1) is 0 Å². The van der Waals surface area contributed by atoms with E-state index < -0.39 is 6.04 Å². The quantitative estimate of drug-likeness (QED) is 0.824. The number of benzene rings is 2. The summed E-state index contributed by atoms with van der Waals surface area (Å²) in [5, 5.41) is 3.22. The third-order valence-corrected chi connectivity index (χ3v) is 4.36. The normalized spacial score (nSPS) is 11.6. The monoisotopic (exact) mass is 358 g/mol. The van der Waals surface area contributed by atoms with Crippen LogP contribution < -0.4 is 5.32 Å². The van der Waals surface area contributed by atoms with Gasteiger partial charge in [0.25, 0.3) is 0 Å². The molecule has 25 heavy (non-hydrogen) atoms. The van der Waals surface area contributed by atoms with E-state index in [1.54, 1.807) is 24.9 Å². The molecule has 5 heteroatoms. The average Bonchev–Trinajstić information content (AvgIpc) is 2.64. The second-order valence-corrected chi connectivity index (χ2v) is 6.36. The van der Waals surface area contributed by atoms with Crippen LogP contribution in [0.4, 0.5) is 0 Å². The lowest BCUT2D eigenvalue weighted by molar-refractivity contribution is -0.140. The molecule has 2 rings (SSSR count). The molecule has 2 amide bonds. The molecule has 0 spiro atoms. The van der Waals surface area contributed by atoms with E-state index in [0.717, 1.165) is 11.1 Å². The van der Waals surface area contributed by atoms with Gasteiger partial charge in [-0.05, 0) is 36.6 Å². The standard InChI is InChI=1S/C20H23ClN2O2/c1-15(20(25)22-2)23(14-17-9-6-10-18(21)13-17)19(24)12-11-16-7-4-3-5-8-16/h3-10,13,15H,11-12,14H2,1-2H3,(H,22,25)/t15-/m1/s1. The van der Waals surface area contributed by atoms with Gasteiger partial charge in [0.2, 0.25) is 11.8 Å². The van der Waals surface area contributed by atoms with E-state index in [9.17, 15) is 9.59 Å². The Labute approximate surface area is 153 Å². The number of hydrogen-bond donors (Lipinski definition) is 1. The Kier molecular flexibility index (Phi) is 7.02. The van der Waals surface area contributed by atoms with Gasteiger partial charge in [0.1, 0.15) is 6.04 Å². The number of likely N-dealkylation sites (N-methyl/N-ethyl adjacent to an activating group) is 1. The lowest BCUT2D eigenvalue weighted by Crippen LogP contribution is -2.46. The Balaban J connectivity index is 2.12. The van der Waals surface area contributed by atoms with E-state index in [-0.39, 0.29) is 11.8 Å². The molecule has 0 saturated heterocycles. The zero-order valence-electron chi connectivity index (χ0n) is 14.5. The maximum Gasteiger partial charge on any atom is 0.242 e. The van der Waals surface area contributed by atoms with Crippen LogP contribution >= 0.6 is 11.6 Å². The Hall–Kier alpha value is -2.33. The Morgan fingerprint density at radius 2 is 1.76 bits per heavy atom. The molecule has 2 aromatic carbocycles. The summed E-state index contributed by atoms with van der Waals surface area (Å²) in [6.07, 6.45) is 0.998. The molecule has 1 atom stereocenters. The number of amides is 2.